The predicted octanol–water partition coefficient (Wildman–Crippen LogP) is 2.52. The number of hydrogen-bond acceptors (Lipinski definition) is 6. The minimum absolute atomic E-state index is 0.494. The fourth-order valence-corrected chi connectivity index (χ4v) is 4.27. The second-order valence-electron chi connectivity index (χ2n) is 6.66. The first-order chi connectivity index (χ1) is 10.8. The van der Waals surface area contributed by atoms with Crippen molar-refractivity contribution in [3.63, 3.8) is 0 Å². The molecule has 0 radical (unpaired) electrons. The molecule has 0 aromatic carbocycles. The summed E-state index contributed by atoms with van der Waals surface area (Å²) in [5, 5.41) is 29.1. The number of hydrogen-bond donors (Lipinski definition) is 2. The summed E-state index contributed by atoms with van der Waals surface area (Å²) in [4.78, 5) is 0. The van der Waals surface area contributed by atoms with Crippen molar-refractivity contribution in [2.45, 2.75) is 81.5 Å². The summed E-state index contributed by atoms with van der Waals surface area (Å²) in [6, 6.07) is -0.947. The fourth-order valence-electron chi connectivity index (χ4n) is 3.82. The summed E-state index contributed by atoms with van der Waals surface area (Å²) in [5.41, 5.74) is -2.43. The average Bonchev–Trinajstić information content (AvgIpc) is 2.48. The molecular weight excluding hydrogens is 320 g/mol. The molecular formula is C14H26N4O4S. The van der Waals surface area contributed by atoms with Crippen molar-refractivity contribution in [2.75, 3.05) is 7.05 Å². The van der Waals surface area contributed by atoms with Gasteiger partial charge >= 0.3 is 10.2 Å². The van der Waals surface area contributed by atoms with Gasteiger partial charge in [-0.3, -0.25) is 0 Å². The Balaban J connectivity index is 2.33. The standard InChI is InChI=1S/C14H26N4O4S/c1-15-17-23(21,22)18-16-12(13(19)8-4-2-5-9-13)14(20)10-6-3-7-11-14/h12,19-20H,2-11H2,1H3. The van der Waals surface area contributed by atoms with Crippen molar-refractivity contribution in [2.24, 2.45) is 19.3 Å². The van der Waals surface area contributed by atoms with Crippen molar-refractivity contribution < 1.29 is 18.6 Å². The van der Waals surface area contributed by atoms with Crippen LogP contribution in [0.15, 0.2) is 19.3 Å². The van der Waals surface area contributed by atoms with E-state index in [0.717, 1.165) is 38.5 Å². The number of rotatable bonds is 5. The Labute approximate surface area is 137 Å². The lowest BCUT2D eigenvalue weighted by Gasteiger charge is -2.46. The van der Waals surface area contributed by atoms with Crippen LogP contribution in [-0.2, 0) is 10.2 Å². The van der Waals surface area contributed by atoms with Crippen molar-refractivity contribution in [3.8, 4) is 0 Å². The first-order valence-electron chi connectivity index (χ1n) is 8.24. The molecule has 0 bridgehead atoms. The Morgan fingerprint density at radius 1 is 0.826 bits per heavy atom. The van der Waals surface area contributed by atoms with Crippen LogP contribution in [0.5, 0.6) is 0 Å². The predicted molar refractivity (Wildman–Crippen MR) is 84.4 cm³/mol. The maximum Gasteiger partial charge on any atom is 0.397 e. The van der Waals surface area contributed by atoms with Crippen molar-refractivity contribution in [1.82, 2.24) is 0 Å². The van der Waals surface area contributed by atoms with Crippen molar-refractivity contribution >= 4 is 10.2 Å². The van der Waals surface area contributed by atoms with Crippen LogP contribution >= 0.6 is 0 Å². The highest BCUT2D eigenvalue weighted by Gasteiger charge is 2.50. The van der Waals surface area contributed by atoms with Crippen molar-refractivity contribution in [1.29, 1.82) is 0 Å². The molecule has 2 aliphatic carbocycles. The highest BCUT2D eigenvalue weighted by Crippen LogP contribution is 2.42. The molecule has 8 nitrogen and oxygen atoms in total. The molecule has 0 spiro atoms. The summed E-state index contributed by atoms with van der Waals surface area (Å²) in [7, 11) is -2.93. The summed E-state index contributed by atoms with van der Waals surface area (Å²) >= 11 is 0. The molecule has 0 atom stereocenters. The fraction of sp³-hybridized carbons (Fsp3) is 1.00. The first-order valence-corrected chi connectivity index (χ1v) is 9.64. The molecule has 2 saturated carbocycles. The number of aliphatic hydroxyl groups is 2. The summed E-state index contributed by atoms with van der Waals surface area (Å²) in [6.45, 7) is 0. The van der Waals surface area contributed by atoms with Gasteiger partial charge in [0.25, 0.3) is 0 Å². The van der Waals surface area contributed by atoms with E-state index in [4.69, 9.17) is 0 Å². The molecule has 132 valence electrons. The minimum Gasteiger partial charge on any atom is -0.387 e. The Bertz CT molecular complexity index is 525. The zero-order chi connectivity index (χ0) is 17.0. The highest BCUT2D eigenvalue weighted by molar-refractivity contribution is 7.88. The van der Waals surface area contributed by atoms with Crippen LogP contribution in [0.2, 0.25) is 0 Å². The van der Waals surface area contributed by atoms with E-state index in [0.29, 0.717) is 25.7 Å². The average molecular weight is 346 g/mol. The quantitative estimate of drug-likeness (QED) is 0.742. The van der Waals surface area contributed by atoms with Gasteiger partial charge in [-0.05, 0) is 34.7 Å². The van der Waals surface area contributed by atoms with Gasteiger partial charge in [-0.2, -0.15) is 18.6 Å². The van der Waals surface area contributed by atoms with Crippen LogP contribution in [0.4, 0.5) is 0 Å². The van der Waals surface area contributed by atoms with Crippen LogP contribution in [0.25, 0.3) is 0 Å². The molecule has 2 rings (SSSR count). The maximum absolute atomic E-state index is 11.6. The van der Waals surface area contributed by atoms with Crippen LogP contribution in [-0.4, -0.2) is 42.9 Å². The van der Waals surface area contributed by atoms with Gasteiger partial charge < -0.3 is 10.2 Å². The van der Waals surface area contributed by atoms with Gasteiger partial charge in [-0.25, -0.2) is 0 Å². The molecule has 2 N–H and O–H groups in total. The molecule has 0 aliphatic heterocycles. The van der Waals surface area contributed by atoms with E-state index >= 15 is 0 Å². The van der Waals surface area contributed by atoms with Gasteiger partial charge in [-0.1, -0.05) is 38.5 Å². The van der Waals surface area contributed by atoms with Gasteiger partial charge in [0.15, 0.2) is 0 Å². The third-order valence-corrected chi connectivity index (χ3v) is 5.58. The third-order valence-electron chi connectivity index (χ3n) is 4.91. The van der Waals surface area contributed by atoms with E-state index in [-0.39, 0.29) is 0 Å². The first kappa shape index (κ1) is 18.4. The molecule has 23 heavy (non-hydrogen) atoms. The van der Waals surface area contributed by atoms with E-state index in [1.165, 1.54) is 7.05 Å². The van der Waals surface area contributed by atoms with Gasteiger partial charge in [0.05, 0.1) is 18.2 Å². The van der Waals surface area contributed by atoms with E-state index < -0.39 is 27.5 Å². The second kappa shape index (κ2) is 7.31. The number of nitrogens with zero attached hydrogens (tertiary/aromatic N) is 4. The van der Waals surface area contributed by atoms with Crippen LogP contribution in [0.1, 0.15) is 64.2 Å². The summed E-state index contributed by atoms with van der Waals surface area (Å²) < 4.78 is 29.6. The molecule has 2 aliphatic rings. The lowest BCUT2D eigenvalue weighted by molar-refractivity contribution is -0.116. The minimum atomic E-state index is -4.16. The van der Waals surface area contributed by atoms with Gasteiger partial charge in [0.2, 0.25) is 0 Å². The SMILES string of the molecule is CN=NS(=O)(=O)N=NC(C1(O)CCCCC1)C1(O)CCCCC1. The highest BCUT2D eigenvalue weighted by atomic mass is 32.2. The van der Waals surface area contributed by atoms with E-state index in [2.05, 4.69) is 19.3 Å². The lowest BCUT2D eigenvalue weighted by Crippen LogP contribution is -2.57. The van der Waals surface area contributed by atoms with Gasteiger partial charge in [-0.15, -0.1) is 0 Å². The monoisotopic (exact) mass is 346 g/mol. The third kappa shape index (κ3) is 4.54. The Morgan fingerprint density at radius 3 is 1.65 bits per heavy atom. The van der Waals surface area contributed by atoms with Crippen LogP contribution in [0.3, 0.4) is 0 Å². The van der Waals surface area contributed by atoms with E-state index in [1.54, 1.807) is 0 Å². The van der Waals surface area contributed by atoms with E-state index in [1.807, 2.05) is 0 Å². The molecule has 0 unspecified atom stereocenters. The van der Waals surface area contributed by atoms with Gasteiger partial charge in [0, 0.05) is 0 Å². The van der Waals surface area contributed by atoms with Crippen molar-refractivity contribution in [3.05, 3.63) is 0 Å². The molecule has 0 aromatic rings. The molecule has 0 aromatic heterocycles. The van der Waals surface area contributed by atoms with Crippen LogP contribution in [0, 0.1) is 0 Å². The van der Waals surface area contributed by atoms with Gasteiger partial charge in [0.1, 0.15) is 6.04 Å². The molecule has 0 heterocycles. The second-order valence-corrected chi connectivity index (χ2v) is 7.88. The van der Waals surface area contributed by atoms with Crippen LogP contribution < -0.4 is 0 Å². The topological polar surface area (TPSA) is 124 Å². The normalized spacial score (nSPS) is 25.4. The Kier molecular flexibility index (Phi) is 5.85. The molecule has 9 heteroatoms. The Morgan fingerprint density at radius 2 is 1.26 bits per heavy atom. The zero-order valence-corrected chi connectivity index (χ0v) is 14.4. The van der Waals surface area contributed by atoms with E-state index in [9.17, 15) is 18.6 Å². The Hall–Kier alpha value is -0.930. The largest absolute Gasteiger partial charge is 0.397 e. The molecule has 0 amide bonds. The maximum atomic E-state index is 11.6. The smallest absolute Gasteiger partial charge is 0.387 e. The zero-order valence-electron chi connectivity index (χ0n) is 13.6. The lowest BCUT2D eigenvalue weighted by atomic mass is 9.68. The summed E-state index contributed by atoms with van der Waals surface area (Å²) in [5.74, 6) is 0. The summed E-state index contributed by atoms with van der Waals surface area (Å²) in [6.07, 6.45) is 7.35. The molecule has 0 saturated heterocycles. The molecule has 2 fully saturated rings.